The van der Waals surface area contributed by atoms with Crippen LogP contribution in [0.5, 0.6) is 0 Å². The van der Waals surface area contributed by atoms with Gasteiger partial charge < -0.3 is 25.0 Å². The molecule has 0 fully saturated rings. The van der Waals surface area contributed by atoms with Gasteiger partial charge in [0, 0.05) is 18.5 Å². The molecule has 9 heteroatoms. The van der Waals surface area contributed by atoms with E-state index in [4.69, 9.17) is 15.9 Å². The Morgan fingerprint density at radius 3 is 2.09 bits per heavy atom. The van der Waals surface area contributed by atoms with Crippen molar-refractivity contribution >= 4 is 23.9 Å². The summed E-state index contributed by atoms with van der Waals surface area (Å²) >= 11 is 0. The molecule has 2 N–H and O–H groups in total. The van der Waals surface area contributed by atoms with Crippen LogP contribution in [0.3, 0.4) is 0 Å². The zero-order valence-electron chi connectivity index (χ0n) is 27.1. The molecule has 9 nitrogen and oxygen atoms in total. The first-order valence-corrected chi connectivity index (χ1v) is 15.0. The quantitative estimate of drug-likeness (QED) is 0.182. The van der Waals surface area contributed by atoms with Crippen molar-refractivity contribution in [1.82, 2.24) is 15.5 Å². The van der Waals surface area contributed by atoms with E-state index >= 15 is 0 Å². The average Bonchev–Trinajstić information content (AvgIpc) is 2.94. The number of ether oxygens (including phenoxy) is 2. The molecule has 0 spiro atoms. The second-order valence-electron chi connectivity index (χ2n) is 12.6. The van der Waals surface area contributed by atoms with Crippen molar-refractivity contribution in [2.75, 3.05) is 13.1 Å². The number of unbranched alkanes of at least 4 members (excludes halogenated alkanes) is 2. The Bertz CT molecular complexity index is 1300. The van der Waals surface area contributed by atoms with Gasteiger partial charge in [-0.1, -0.05) is 74.2 Å². The fourth-order valence-electron chi connectivity index (χ4n) is 4.48. The van der Waals surface area contributed by atoms with E-state index < -0.39 is 53.7 Å². The van der Waals surface area contributed by atoms with Crippen molar-refractivity contribution in [2.24, 2.45) is 0 Å². The molecule has 0 aliphatic carbocycles. The minimum absolute atomic E-state index is 0.176. The third kappa shape index (κ3) is 12.1. The molecular weight excluding hydrogens is 558 g/mol. The van der Waals surface area contributed by atoms with E-state index in [1.807, 2.05) is 37.3 Å². The summed E-state index contributed by atoms with van der Waals surface area (Å²) in [7, 11) is 0. The van der Waals surface area contributed by atoms with Crippen molar-refractivity contribution in [1.29, 1.82) is 0 Å². The molecule has 2 aromatic carbocycles. The first-order chi connectivity index (χ1) is 20.6. The number of amides is 3. The summed E-state index contributed by atoms with van der Waals surface area (Å²) in [4.78, 5) is 55.2. The summed E-state index contributed by atoms with van der Waals surface area (Å²) < 4.78 is 11.0. The molecule has 0 heterocycles. The van der Waals surface area contributed by atoms with Crippen molar-refractivity contribution < 1.29 is 28.7 Å². The molecule has 3 amide bonds. The number of carbonyl (C=O) groups is 4. The summed E-state index contributed by atoms with van der Waals surface area (Å²) in [5.41, 5.74) is 0.135. The first-order valence-electron chi connectivity index (χ1n) is 15.0. The Morgan fingerprint density at radius 1 is 0.886 bits per heavy atom. The lowest BCUT2D eigenvalue weighted by Crippen LogP contribution is -2.52. The summed E-state index contributed by atoms with van der Waals surface area (Å²) in [5, 5.41) is 5.37. The predicted molar refractivity (Wildman–Crippen MR) is 171 cm³/mol. The second-order valence-corrected chi connectivity index (χ2v) is 12.6. The Hall–Kier alpha value is -4.32. The van der Waals surface area contributed by atoms with E-state index in [-0.39, 0.29) is 13.0 Å². The maximum atomic E-state index is 14.3. The molecule has 0 aliphatic rings. The summed E-state index contributed by atoms with van der Waals surface area (Å²) in [6.07, 6.45) is 7.55. The SMILES string of the molecule is C#Cc1ccccc1C(C(=O)NC(Cc1ccccc1)C(=O)OC(C)(C)C)N(CCCCC)C(=O)CNC(=O)OC(C)(C)C. The minimum Gasteiger partial charge on any atom is -0.458 e. The standard InChI is InChI=1S/C35H47N3O6/c1-9-11-17-22-38(29(39)24-36-33(42)44-35(6,7)8)30(27-21-16-15-20-26(27)10-2)31(40)37-28(32(41)43-34(3,4)5)23-25-18-13-12-14-19-25/h2,12-16,18-21,28,30H,9,11,17,22-24H2,1,3-8H3,(H,36,42)(H,37,40). The van der Waals surface area contributed by atoms with Gasteiger partial charge in [-0.15, -0.1) is 6.42 Å². The third-order valence-corrected chi connectivity index (χ3v) is 6.37. The van der Waals surface area contributed by atoms with Crippen LogP contribution in [0.1, 0.15) is 90.5 Å². The fourth-order valence-corrected chi connectivity index (χ4v) is 4.48. The number of terminal acetylenes is 1. The van der Waals surface area contributed by atoms with Crippen molar-refractivity contribution in [3.63, 3.8) is 0 Å². The largest absolute Gasteiger partial charge is 0.458 e. The number of nitrogens with one attached hydrogen (secondary N) is 2. The zero-order valence-corrected chi connectivity index (χ0v) is 27.1. The van der Waals surface area contributed by atoms with Crippen LogP contribution in [0.25, 0.3) is 0 Å². The lowest BCUT2D eigenvalue weighted by molar-refractivity contribution is -0.159. The molecule has 44 heavy (non-hydrogen) atoms. The Kier molecular flexibility index (Phi) is 13.5. The second kappa shape index (κ2) is 16.5. The van der Waals surface area contributed by atoms with E-state index in [1.165, 1.54) is 4.90 Å². The smallest absolute Gasteiger partial charge is 0.408 e. The summed E-state index contributed by atoms with van der Waals surface area (Å²) in [6, 6.07) is 13.9. The molecule has 238 valence electrons. The highest BCUT2D eigenvalue weighted by molar-refractivity contribution is 5.93. The molecule has 0 aromatic heterocycles. The monoisotopic (exact) mass is 605 g/mol. The van der Waals surface area contributed by atoms with Gasteiger partial charge >= 0.3 is 12.1 Å². The number of benzene rings is 2. The number of hydrogen-bond acceptors (Lipinski definition) is 6. The van der Waals surface area contributed by atoms with E-state index in [2.05, 4.69) is 16.6 Å². The van der Waals surface area contributed by atoms with Gasteiger partial charge in [0.05, 0.1) is 0 Å². The maximum Gasteiger partial charge on any atom is 0.408 e. The molecule has 2 unspecified atom stereocenters. The van der Waals surface area contributed by atoms with E-state index in [1.54, 1.807) is 65.8 Å². The van der Waals surface area contributed by atoms with E-state index in [0.29, 0.717) is 17.5 Å². The topological polar surface area (TPSA) is 114 Å². The molecule has 2 atom stereocenters. The lowest BCUT2D eigenvalue weighted by Gasteiger charge is -2.33. The van der Waals surface area contributed by atoms with Crippen LogP contribution in [-0.4, -0.2) is 59.1 Å². The molecule has 0 saturated heterocycles. The number of alkyl carbamates (subject to hydrolysis) is 1. The average molecular weight is 606 g/mol. The molecule has 2 aromatic rings. The van der Waals surface area contributed by atoms with Crippen LogP contribution < -0.4 is 10.6 Å². The molecule has 2 rings (SSSR count). The van der Waals surface area contributed by atoms with Crippen LogP contribution in [0.4, 0.5) is 4.79 Å². The lowest BCUT2D eigenvalue weighted by atomic mass is 9.97. The van der Waals surface area contributed by atoms with Crippen LogP contribution in [0.2, 0.25) is 0 Å². The number of nitrogens with zero attached hydrogens (tertiary/aromatic N) is 1. The van der Waals surface area contributed by atoms with Gasteiger partial charge in [-0.05, 0) is 65.2 Å². The Morgan fingerprint density at radius 2 is 1.50 bits per heavy atom. The minimum atomic E-state index is -1.19. The highest BCUT2D eigenvalue weighted by Gasteiger charge is 2.36. The first kappa shape index (κ1) is 35.9. The van der Waals surface area contributed by atoms with Gasteiger partial charge in [-0.2, -0.15) is 0 Å². The van der Waals surface area contributed by atoms with Gasteiger partial charge in [-0.25, -0.2) is 9.59 Å². The summed E-state index contributed by atoms with van der Waals surface area (Å²) in [5.74, 6) is 0.913. The van der Waals surface area contributed by atoms with Crippen LogP contribution in [0, 0.1) is 12.3 Å². The van der Waals surface area contributed by atoms with Crippen LogP contribution >= 0.6 is 0 Å². The molecule has 0 bridgehead atoms. The fraction of sp³-hybridized carbons (Fsp3) is 0.486. The molecule has 0 saturated carbocycles. The number of esters is 1. The number of carbonyl (C=O) groups excluding carboxylic acids is 4. The molecule has 0 aliphatic heterocycles. The van der Waals surface area contributed by atoms with Crippen molar-refractivity contribution in [2.45, 2.75) is 97.4 Å². The highest BCUT2D eigenvalue weighted by atomic mass is 16.6. The zero-order chi connectivity index (χ0) is 32.9. The highest BCUT2D eigenvalue weighted by Crippen LogP contribution is 2.26. The van der Waals surface area contributed by atoms with Gasteiger partial charge in [0.2, 0.25) is 11.8 Å². The van der Waals surface area contributed by atoms with Gasteiger partial charge in [0.25, 0.3) is 0 Å². The number of hydrogen-bond donors (Lipinski definition) is 2. The third-order valence-electron chi connectivity index (χ3n) is 6.37. The van der Waals surface area contributed by atoms with Crippen molar-refractivity contribution in [3.05, 3.63) is 71.3 Å². The van der Waals surface area contributed by atoms with Gasteiger partial charge in [0.15, 0.2) is 0 Å². The Labute approximate surface area is 262 Å². The van der Waals surface area contributed by atoms with E-state index in [9.17, 15) is 19.2 Å². The maximum absolute atomic E-state index is 14.3. The number of rotatable bonds is 13. The predicted octanol–water partition coefficient (Wildman–Crippen LogP) is 5.32. The normalized spacial score (nSPS) is 12.7. The van der Waals surface area contributed by atoms with Gasteiger partial charge in [0.1, 0.15) is 29.8 Å². The van der Waals surface area contributed by atoms with Crippen LogP contribution in [0.15, 0.2) is 54.6 Å². The van der Waals surface area contributed by atoms with Gasteiger partial charge in [-0.3, -0.25) is 9.59 Å². The van der Waals surface area contributed by atoms with Crippen molar-refractivity contribution in [3.8, 4) is 12.3 Å². The molecular formula is C35H47N3O6. The summed E-state index contributed by atoms with van der Waals surface area (Å²) in [6.45, 7) is 12.3. The van der Waals surface area contributed by atoms with Crippen LogP contribution in [-0.2, 0) is 30.3 Å². The molecule has 0 radical (unpaired) electrons. The van der Waals surface area contributed by atoms with E-state index in [0.717, 1.165) is 18.4 Å². The Balaban J connectivity index is 2.53.